The molecule has 1 aromatic carbocycles. The molecule has 2 aromatic heterocycles. The summed E-state index contributed by atoms with van der Waals surface area (Å²) in [6.07, 6.45) is 8.08. The number of anilines is 2. The van der Waals surface area contributed by atoms with E-state index in [-0.39, 0.29) is 0 Å². The van der Waals surface area contributed by atoms with Crippen molar-refractivity contribution in [1.29, 1.82) is 0 Å². The number of rotatable bonds is 4. The summed E-state index contributed by atoms with van der Waals surface area (Å²) in [5.74, 6) is 0. The van der Waals surface area contributed by atoms with Gasteiger partial charge in [-0.2, -0.15) is 0 Å². The average molecular weight is 369 g/mol. The second-order valence-electron chi connectivity index (χ2n) is 6.34. The van der Waals surface area contributed by atoms with Crippen LogP contribution in [0.4, 0.5) is 11.4 Å². The number of aromatic nitrogens is 3. The summed E-state index contributed by atoms with van der Waals surface area (Å²) >= 11 is 6.49. The standard InChI is InChI=1S/C19H21ClN6/c20-15-12-22-13-18(19(15)26-8-1-4-21-7-9-26)25-11-14-2-3-16-17(10-14)24-6-5-23-16/h2-3,5-6,10,12-13,21,25H,1,4,7-9,11H2. The molecule has 1 aliphatic heterocycles. The number of benzene rings is 1. The van der Waals surface area contributed by atoms with Gasteiger partial charge in [-0.15, -0.1) is 0 Å². The van der Waals surface area contributed by atoms with Crippen LogP contribution in [0.15, 0.2) is 43.0 Å². The van der Waals surface area contributed by atoms with Gasteiger partial charge in [0.05, 0.1) is 33.6 Å². The zero-order valence-electron chi connectivity index (χ0n) is 14.5. The lowest BCUT2D eigenvalue weighted by molar-refractivity contribution is 0.724. The van der Waals surface area contributed by atoms with Crippen LogP contribution in [0.3, 0.4) is 0 Å². The second kappa shape index (κ2) is 7.85. The van der Waals surface area contributed by atoms with E-state index in [1.54, 1.807) is 18.6 Å². The zero-order valence-corrected chi connectivity index (χ0v) is 15.2. The Morgan fingerprint density at radius 3 is 2.88 bits per heavy atom. The Hall–Kier alpha value is -2.44. The van der Waals surface area contributed by atoms with Crippen molar-refractivity contribution in [2.75, 3.05) is 36.4 Å². The maximum Gasteiger partial charge on any atom is 0.0890 e. The number of nitrogens with one attached hydrogen (secondary N) is 2. The Balaban J connectivity index is 1.56. The van der Waals surface area contributed by atoms with Gasteiger partial charge in [0.25, 0.3) is 0 Å². The van der Waals surface area contributed by atoms with Gasteiger partial charge < -0.3 is 15.5 Å². The molecule has 0 unspecified atom stereocenters. The van der Waals surface area contributed by atoms with Crippen LogP contribution in [0.2, 0.25) is 5.02 Å². The van der Waals surface area contributed by atoms with Crippen molar-refractivity contribution in [3.8, 4) is 0 Å². The van der Waals surface area contributed by atoms with Crippen LogP contribution in [0.25, 0.3) is 11.0 Å². The molecule has 1 aliphatic rings. The summed E-state index contributed by atoms with van der Waals surface area (Å²) in [5.41, 5.74) is 4.93. The predicted molar refractivity (Wildman–Crippen MR) is 106 cm³/mol. The van der Waals surface area contributed by atoms with Crippen LogP contribution < -0.4 is 15.5 Å². The van der Waals surface area contributed by atoms with Crippen LogP contribution >= 0.6 is 11.6 Å². The third kappa shape index (κ3) is 3.71. The first kappa shape index (κ1) is 17.0. The molecule has 1 fully saturated rings. The van der Waals surface area contributed by atoms with Crippen molar-refractivity contribution in [2.45, 2.75) is 13.0 Å². The number of nitrogens with zero attached hydrogens (tertiary/aromatic N) is 4. The predicted octanol–water partition coefficient (Wildman–Crippen LogP) is 3.09. The molecule has 0 aliphatic carbocycles. The van der Waals surface area contributed by atoms with Gasteiger partial charge in [0.1, 0.15) is 0 Å². The van der Waals surface area contributed by atoms with Gasteiger partial charge in [-0.05, 0) is 30.7 Å². The van der Waals surface area contributed by atoms with Crippen LogP contribution in [-0.4, -0.2) is 41.1 Å². The highest BCUT2D eigenvalue weighted by Gasteiger charge is 2.17. The first-order valence-electron chi connectivity index (χ1n) is 8.84. The fraction of sp³-hybridized carbons (Fsp3) is 0.316. The van der Waals surface area contributed by atoms with Crippen molar-refractivity contribution >= 4 is 34.0 Å². The smallest absolute Gasteiger partial charge is 0.0890 e. The largest absolute Gasteiger partial charge is 0.378 e. The number of halogens is 1. The van der Waals surface area contributed by atoms with Gasteiger partial charge in [-0.1, -0.05) is 17.7 Å². The highest BCUT2D eigenvalue weighted by molar-refractivity contribution is 6.33. The molecule has 134 valence electrons. The highest BCUT2D eigenvalue weighted by Crippen LogP contribution is 2.33. The summed E-state index contributed by atoms with van der Waals surface area (Å²) in [6, 6.07) is 6.12. The van der Waals surface area contributed by atoms with E-state index in [2.05, 4.69) is 42.6 Å². The Bertz CT molecular complexity index is 892. The summed E-state index contributed by atoms with van der Waals surface area (Å²) in [5, 5.41) is 7.60. The third-order valence-electron chi connectivity index (χ3n) is 4.55. The lowest BCUT2D eigenvalue weighted by atomic mass is 10.2. The minimum absolute atomic E-state index is 0.674. The van der Waals surface area contributed by atoms with E-state index in [1.165, 1.54) is 0 Å². The molecule has 4 rings (SSSR count). The molecule has 1 saturated heterocycles. The first-order valence-corrected chi connectivity index (χ1v) is 9.22. The zero-order chi connectivity index (χ0) is 17.8. The van der Waals surface area contributed by atoms with E-state index in [4.69, 9.17) is 11.6 Å². The summed E-state index contributed by atoms with van der Waals surface area (Å²) in [6.45, 7) is 4.59. The molecule has 0 radical (unpaired) electrons. The topological polar surface area (TPSA) is 66.0 Å². The Labute approximate surface area is 157 Å². The molecule has 3 aromatic rings. The van der Waals surface area contributed by atoms with E-state index in [9.17, 15) is 0 Å². The minimum atomic E-state index is 0.674. The van der Waals surface area contributed by atoms with Crippen molar-refractivity contribution in [3.05, 3.63) is 53.6 Å². The molecular weight excluding hydrogens is 348 g/mol. The Morgan fingerprint density at radius 1 is 1.08 bits per heavy atom. The molecule has 0 atom stereocenters. The highest BCUT2D eigenvalue weighted by atomic mass is 35.5. The molecule has 6 nitrogen and oxygen atoms in total. The van der Waals surface area contributed by atoms with E-state index >= 15 is 0 Å². The van der Waals surface area contributed by atoms with Gasteiger partial charge >= 0.3 is 0 Å². The third-order valence-corrected chi connectivity index (χ3v) is 4.82. The molecule has 26 heavy (non-hydrogen) atoms. The van der Waals surface area contributed by atoms with E-state index in [0.717, 1.165) is 60.6 Å². The Morgan fingerprint density at radius 2 is 1.96 bits per heavy atom. The SMILES string of the molecule is Clc1cncc(NCc2ccc3nccnc3c2)c1N1CCCNCC1. The molecule has 2 N–H and O–H groups in total. The Kier molecular flexibility index (Phi) is 5.13. The molecule has 0 amide bonds. The van der Waals surface area contributed by atoms with Crippen molar-refractivity contribution < 1.29 is 0 Å². The maximum atomic E-state index is 6.49. The molecule has 0 spiro atoms. The molecule has 3 heterocycles. The number of pyridine rings is 1. The van der Waals surface area contributed by atoms with Crippen molar-refractivity contribution in [2.24, 2.45) is 0 Å². The van der Waals surface area contributed by atoms with Gasteiger partial charge in [0.2, 0.25) is 0 Å². The number of hydrogen-bond acceptors (Lipinski definition) is 6. The van der Waals surface area contributed by atoms with Crippen LogP contribution in [-0.2, 0) is 6.54 Å². The van der Waals surface area contributed by atoms with E-state index < -0.39 is 0 Å². The van der Waals surface area contributed by atoms with E-state index in [0.29, 0.717) is 11.6 Å². The van der Waals surface area contributed by atoms with Crippen LogP contribution in [0, 0.1) is 0 Å². The fourth-order valence-electron chi connectivity index (χ4n) is 3.26. The normalized spacial score (nSPS) is 15.0. The second-order valence-corrected chi connectivity index (χ2v) is 6.75. The average Bonchev–Trinajstić information content (AvgIpc) is 2.95. The summed E-state index contributed by atoms with van der Waals surface area (Å²) < 4.78 is 0. The molecule has 0 saturated carbocycles. The molecule has 7 heteroatoms. The quantitative estimate of drug-likeness (QED) is 0.737. The van der Waals surface area contributed by atoms with Gasteiger partial charge in [-0.25, -0.2) is 0 Å². The minimum Gasteiger partial charge on any atom is -0.378 e. The number of fused-ring (bicyclic) bond motifs is 1. The summed E-state index contributed by atoms with van der Waals surface area (Å²) in [4.78, 5) is 15.3. The molecular formula is C19H21ClN6. The van der Waals surface area contributed by atoms with Crippen molar-refractivity contribution in [3.63, 3.8) is 0 Å². The summed E-state index contributed by atoms with van der Waals surface area (Å²) in [7, 11) is 0. The van der Waals surface area contributed by atoms with Crippen LogP contribution in [0.5, 0.6) is 0 Å². The lowest BCUT2D eigenvalue weighted by Crippen LogP contribution is -2.29. The lowest BCUT2D eigenvalue weighted by Gasteiger charge is -2.26. The van der Waals surface area contributed by atoms with E-state index in [1.807, 2.05) is 12.3 Å². The van der Waals surface area contributed by atoms with Gasteiger partial charge in [0.15, 0.2) is 0 Å². The first-order chi connectivity index (χ1) is 12.8. The molecule has 0 bridgehead atoms. The monoisotopic (exact) mass is 368 g/mol. The van der Waals surface area contributed by atoms with Gasteiger partial charge in [0, 0.05) is 44.8 Å². The van der Waals surface area contributed by atoms with Crippen molar-refractivity contribution in [1.82, 2.24) is 20.3 Å². The van der Waals surface area contributed by atoms with Crippen LogP contribution in [0.1, 0.15) is 12.0 Å². The van der Waals surface area contributed by atoms with Gasteiger partial charge in [-0.3, -0.25) is 15.0 Å². The maximum absolute atomic E-state index is 6.49. The fourth-order valence-corrected chi connectivity index (χ4v) is 3.54. The number of hydrogen-bond donors (Lipinski definition) is 2.